The van der Waals surface area contributed by atoms with Crippen LogP contribution in [0.3, 0.4) is 0 Å². The number of hydrogen-bond donors (Lipinski definition) is 1. The standard InChI is InChI=1S/C17H27NO/c1-4-15-6-5-10-18(11-9-15)14(3)16-12-13(2)7-8-17(16)19/h7-8,12,14-15,19H,4-6,9-11H2,1-3H3. The first-order valence-corrected chi connectivity index (χ1v) is 7.65. The molecule has 0 bridgehead atoms. The van der Waals surface area contributed by atoms with Crippen LogP contribution in [0.25, 0.3) is 0 Å². The molecule has 1 aromatic rings. The second kappa shape index (κ2) is 6.42. The van der Waals surface area contributed by atoms with E-state index < -0.39 is 0 Å². The van der Waals surface area contributed by atoms with E-state index in [4.69, 9.17) is 0 Å². The smallest absolute Gasteiger partial charge is 0.120 e. The Bertz CT molecular complexity index is 416. The van der Waals surface area contributed by atoms with E-state index in [9.17, 15) is 5.11 Å². The van der Waals surface area contributed by atoms with Gasteiger partial charge in [0.2, 0.25) is 0 Å². The van der Waals surface area contributed by atoms with Crippen LogP contribution in [0, 0.1) is 12.8 Å². The van der Waals surface area contributed by atoms with E-state index in [0.717, 1.165) is 24.6 Å². The summed E-state index contributed by atoms with van der Waals surface area (Å²) in [6.07, 6.45) is 5.25. The molecule has 0 amide bonds. The van der Waals surface area contributed by atoms with Crippen molar-refractivity contribution in [2.45, 2.75) is 52.5 Å². The molecule has 2 heteroatoms. The monoisotopic (exact) mass is 261 g/mol. The van der Waals surface area contributed by atoms with Crippen LogP contribution in [0.4, 0.5) is 0 Å². The molecule has 1 heterocycles. The Kier molecular flexibility index (Phi) is 4.87. The van der Waals surface area contributed by atoms with E-state index in [0.29, 0.717) is 11.8 Å². The Morgan fingerprint density at radius 3 is 2.84 bits per heavy atom. The van der Waals surface area contributed by atoms with Crippen LogP contribution in [0.1, 0.15) is 56.7 Å². The average molecular weight is 261 g/mol. The molecule has 0 spiro atoms. The van der Waals surface area contributed by atoms with Crippen molar-refractivity contribution in [3.05, 3.63) is 29.3 Å². The maximum Gasteiger partial charge on any atom is 0.120 e. The molecule has 106 valence electrons. The van der Waals surface area contributed by atoms with E-state index >= 15 is 0 Å². The SMILES string of the molecule is CCC1CCCN(C(C)c2cc(C)ccc2O)CC1. The summed E-state index contributed by atoms with van der Waals surface area (Å²) in [6.45, 7) is 8.93. The first kappa shape index (κ1) is 14.4. The Morgan fingerprint density at radius 2 is 2.11 bits per heavy atom. The van der Waals surface area contributed by atoms with E-state index in [1.807, 2.05) is 12.1 Å². The van der Waals surface area contributed by atoms with E-state index in [2.05, 4.69) is 31.7 Å². The number of nitrogens with zero attached hydrogens (tertiary/aromatic N) is 1. The summed E-state index contributed by atoms with van der Waals surface area (Å²) in [5, 5.41) is 10.1. The molecule has 2 unspecified atom stereocenters. The fraction of sp³-hybridized carbons (Fsp3) is 0.647. The van der Waals surface area contributed by atoms with Crippen LogP contribution in [0.2, 0.25) is 0 Å². The lowest BCUT2D eigenvalue weighted by molar-refractivity contribution is 0.212. The van der Waals surface area contributed by atoms with Crippen molar-refractivity contribution in [1.29, 1.82) is 0 Å². The zero-order valence-corrected chi connectivity index (χ0v) is 12.5. The summed E-state index contributed by atoms with van der Waals surface area (Å²) in [7, 11) is 0. The lowest BCUT2D eigenvalue weighted by Crippen LogP contribution is -2.28. The van der Waals surface area contributed by atoms with Crippen LogP contribution in [0.5, 0.6) is 5.75 Å². The molecule has 1 aromatic carbocycles. The van der Waals surface area contributed by atoms with Crippen molar-refractivity contribution in [2.75, 3.05) is 13.1 Å². The quantitative estimate of drug-likeness (QED) is 0.878. The summed E-state index contributed by atoms with van der Waals surface area (Å²) >= 11 is 0. The van der Waals surface area contributed by atoms with Crippen molar-refractivity contribution < 1.29 is 5.11 Å². The van der Waals surface area contributed by atoms with Crippen molar-refractivity contribution in [1.82, 2.24) is 4.90 Å². The summed E-state index contributed by atoms with van der Waals surface area (Å²) < 4.78 is 0. The average Bonchev–Trinajstić information content (AvgIpc) is 2.66. The molecule has 1 N–H and O–H groups in total. The second-order valence-corrected chi connectivity index (χ2v) is 5.98. The highest BCUT2D eigenvalue weighted by atomic mass is 16.3. The van der Waals surface area contributed by atoms with Gasteiger partial charge in [0.1, 0.15) is 5.75 Å². The van der Waals surface area contributed by atoms with Gasteiger partial charge in [-0.05, 0) is 58.2 Å². The van der Waals surface area contributed by atoms with Gasteiger partial charge in [0.25, 0.3) is 0 Å². The van der Waals surface area contributed by atoms with Gasteiger partial charge in [0.05, 0.1) is 0 Å². The van der Waals surface area contributed by atoms with Gasteiger partial charge in [0, 0.05) is 11.6 Å². The topological polar surface area (TPSA) is 23.5 Å². The molecular formula is C17H27NO. The number of benzene rings is 1. The minimum absolute atomic E-state index is 0.315. The van der Waals surface area contributed by atoms with Crippen molar-refractivity contribution in [3.8, 4) is 5.75 Å². The molecule has 1 saturated heterocycles. The Hall–Kier alpha value is -1.02. The van der Waals surface area contributed by atoms with Crippen LogP contribution in [-0.4, -0.2) is 23.1 Å². The molecule has 19 heavy (non-hydrogen) atoms. The van der Waals surface area contributed by atoms with Gasteiger partial charge in [-0.15, -0.1) is 0 Å². The van der Waals surface area contributed by atoms with Gasteiger partial charge in [-0.1, -0.05) is 31.0 Å². The predicted molar refractivity (Wildman–Crippen MR) is 80.5 cm³/mol. The molecule has 2 nitrogen and oxygen atoms in total. The number of phenols is 1. The highest BCUT2D eigenvalue weighted by molar-refractivity contribution is 5.37. The first-order valence-electron chi connectivity index (χ1n) is 7.65. The fourth-order valence-electron chi connectivity index (χ4n) is 3.19. The van der Waals surface area contributed by atoms with E-state index in [1.54, 1.807) is 0 Å². The molecule has 1 aliphatic heterocycles. The first-order chi connectivity index (χ1) is 9.11. The Labute approximate surface area is 117 Å². The molecular weight excluding hydrogens is 234 g/mol. The van der Waals surface area contributed by atoms with Gasteiger partial charge in [-0.3, -0.25) is 4.90 Å². The van der Waals surface area contributed by atoms with E-state index in [1.165, 1.54) is 31.2 Å². The second-order valence-electron chi connectivity index (χ2n) is 5.98. The fourth-order valence-corrected chi connectivity index (χ4v) is 3.19. The Balaban J connectivity index is 2.10. The van der Waals surface area contributed by atoms with Crippen molar-refractivity contribution in [3.63, 3.8) is 0 Å². The van der Waals surface area contributed by atoms with E-state index in [-0.39, 0.29) is 0 Å². The molecule has 2 atom stereocenters. The third-order valence-corrected chi connectivity index (χ3v) is 4.64. The largest absolute Gasteiger partial charge is 0.508 e. The van der Waals surface area contributed by atoms with Crippen LogP contribution >= 0.6 is 0 Å². The normalized spacial score (nSPS) is 23.0. The third kappa shape index (κ3) is 3.50. The lowest BCUT2D eigenvalue weighted by Gasteiger charge is -2.28. The summed E-state index contributed by atoms with van der Waals surface area (Å²) in [5.41, 5.74) is 2.30. The summed E-state index contributed by atoms with van der Waals surface area (Å²) in [5.74, 6) is 1.33. The van der Waals surface area contributed by atoms with Crippen LogP contribution < -0.4 is 0 Å². The minimum Gasteiger partial charge on any atom is -0.508 e. The molecule has 0 saturated carbocycles. The van der Waals surface area contributed by atoms with Gasteiger partial charge < -0.3 is 5.11 Å². The van der Waals surface area contributed by atoms with Gasteiger partial charge in [0.15, 0.2) is 0 Å². The summed E-state index contributed by atoms with van der Waals surface area (Å²) in [4.78, 5) is 2.53. The maximum absolute atomic E-state index is 10.1. The minimum atomic E-state index is 0.315. The third-order valence-electron chi connectivity index (χ3n) is 4.64. The molecule has 1 aliphatic rings. The van der Waals surface area contributed by atoms with Crippen LogP contribution in [-0.2, 0) is 0 Å². The number of phenolic OH excluding ortho intramolecular Hbond substituents is 1. The van der Waals surface area contributed by atoms with Crippen LogP contribution in [0.15, 0.2) is 18.2 Å². The zero-order chi connectivity index (χ0) is 13.8. The Morgan fingerprint density at radius 1 is 1.32 bits per heavy atom. The number of rotatable bonds is 3. The lowest BCUT2D eigenvalue weighted by atomic mass is 9.98. The molecule has 0 radical (unpaired) electrons. The summed E-state index contributed by atoms with van der Waals surface area (Å²) in [6, 6.07) is 6.24. The van der Waals surface area contributed by atoms with Crippen molar-refractivity contribution >= 4 is 0 Å². The molecule has 0 aliphatic carbocycles. The molecule has 2 rings (SSSR count). The number of hydrogen-bond acceptors (Lipinski definition) is 2. The number of likely N-dealkylation sites (tertiary alicyclic amines) is 1. The van der Waals surface area contributed by atoms with Crippen molar-refractivity contribution in [2.24, 2.45) is 5.92 Å². The highest BCUT2D eigenvalue weighted by Crippen LogP contribution is 2.32. The predicted octanol–water partition coefficient (Wildman–Crippen LogP) is 4.27. The van der Waals surface area contributed by atoms with Gasteiger partial charge in [-0.25, -0.2) is 0 Å². The van der Waals surface area contributed by atoms with Gasteiger partial charge in [-0.2, -0.15) is 0 Å². The maximum atomic E-state index is 10.1. The van der Waals surface area contributed by atoms with Gasteiger partial charge >= 0.3 is 0 Å². The number of aryl methyl sites for hydroxylation is 1. The molecule has 1 fully saturated rings. The highest BCUT2D eigenvalue weighted by Gasteiger charge is 2.22. The number of aromatic hydroxyl groups is 1. The molecule has 0 aromatic heterocycles. The zero-order valence-electron chi connectivity index (χ0n) is 12.5.